The van der Waals surface area contributed by atoms with Crippen LogP contribution in [0, 0.1) is 18.8 Å². The van der Waals surface area contributed by atoms with E-state index in [-0.39, 0.29) is 10.8 Å². The van der Waals surface area contributed by atoms with Crippen LogP contribution in [-0.4, -0.2) is 56.3 Å². The molecule has 0 unspecified atom stereocenters. The molecule has 0 bridgehead atoms. The van der Waals surface area contributed by atoms with E-state index in [1.165, 1.54) is 6.42 Å². The molecule has 2 saturated heterocycles. The molecule has 6 nitrogen and oxygen atoms in total. The monoisotopic (exact) mass is 407 g/mol. The normalized spacial score (nSPS) is 24.8. The molecule has 156 valence electrons. The first kappa shape index (κ1) is 21.3. The van der Waals surface area contributed by atoms with Crippen molar-refractivity contribution in [2.24, 2.45) is 11.8 Å². The van der Waals surface area contributed by atoms with Gasteiger partial charge in [-0.05, 0) is 55.7 Å². The lowest BCUT2D eigenvalue weighted by molar-refractivity contribution is -0.117. The van der Waals surface area contributed by atoms with Gasteiger partial charge in [0.2, 0.25) is 15.9 Å². The van der Waals surface area contributed by atoms with Crippen LogP contribution in [0.3, 0.4) is 0 Å². The number of nitrogens with zero attached hydrogens (tertiary/aromatic N) is 2. The number of sulfonamides is 1. The molecule has 0 aliphatic carbocycles. The SMILES string of the molecule is Cc1ccc(S(=O)(=O)N2CCCCC2)cc1NC(=O)CN1C[C@@H](C)C[C@H](C)C1. The van der Waals surface area contributed by atoms with Crippen LogP contribution in [0.4, 0.5) is 5.69 Å². The minimum atomic E-state index is -3.51. The third kappa shape index (κ3) is 5.13. The summed E-state index contributed by atoms with van der Waals surface area (Å²) in [7, 11) is -3.51. The van der Waals surface area contributed by atoms with Crippen LogP contribution in [0.15, 0.2) is 23.1 Å². The molecule has 3 rings (SSSR count). The number of piperidine rings is 2. The van der Waals surface area contributed by atoms with Crippen LogP contribution in [0.5, 0.6) is 0 Å². The highest BCUT2D eigenvalue weighted by molar-refractivity contribution is 7.89. The number of carbonyl (C=O) groups excluding carboxylic acids is 1. The molecular formula is C21H33N3O3S. The second-order valence-corrected chi connectivity index (χ2v) is 10.6. The van der Waals surface area contributed by atoms with Crippen molar-refractivity contribution in [3.8, 4) is 0 Å². The van der Waals surface area contributed by atoms with E-state index in [2.05, 4.69) is 24.1 Å². The summed E-state index contributed by atoms with van der Waals surface area (Å²) in [6.07, 6.45) is 4.09. The topological polar surface area (TPSA) is 69.7 Å². The Bertz CT molecular complexity index is 793. The van der Waals surface area contributed by atoms with Crippen molar-refractivity contribution in [3.63, 3.8) is 0 Å². The van der Waals surface area contributed by atoms with Crippen molar-refractivity contribution < 1.29 is 13.2 Å². The van der Waals surface area contributed by atoms with E-state index in [0.717, 1.165) is 37.9 Å². The highest BCUT2D eigenvalue weighted by atomic mass is 32.2. The number of hydrogen-bond donors (Lipinski definition) is 1. The zero-order chi connectivity index (χ0) is 20.3. The Morgan fingerprint density at radius 3 is 2.39 bits per heavy atom. The van der Waals surface area contributed by atoms with Crippen LogP contribution in [0.25, 0.3) is 0 Å². The summed E-state index contributed by atoms with van der Waals surface area (Å²) in [5, 5.41) is 2.94. The first-order valence-corrected chi connectivity index (χ1v) is 11.8. The Labute approximate surface area is 169 Å². The summed E-state index contributed by atoms with van der Waals surface area (Å²) in [6.45, 7) is 9.68. The maximum Gasteiger partial charge on any atom is 0.243 e. The predicted octanol–water partition coefficient (Wildman–Crippen LogP) is 3.09. The molecule has 2 fully saturated rings. The summed E-state index contributed by atoms with van der Waals surface area (Å²) in [6, 6.07) is 5.03. The molecule has 0 radical (unpaired) electrons. The number of amides is 1. The molecule has 2 atom stereocenters. The number of rotatable bonds is 5. The van der Waals surface area contributed by atoms with Gasteiger partial charge >= 0.3 is 0 Å². The molecule has 1 N–H and O–H groups in total. The predicted molar refractivity (Wildman–Crippen MR) is 112 cm³/mol. The molecule has 2 aliphatic rings. The average Bonchev–Trinajstić information content (AvgIpc) is 2.63. The largest absolute Gasteiger partial charge is 0.325 e. The lowest BCUT2D eigenvalue weighted by Crippen LogP contribution is -2.42. The summed E-state index contributed by atoms with van der Waals surface area (Å²) in [4.78, 5) is 15.0. The molecule has 0 aromatic heterocycles. The van der Waals surface area contributed by atoms with Crippen molar-refractivity contribution in [1.82, 2.24) is 9.21 Å². The zero-order valence-corrected chi connectivity index (χ0v) is 18.1. The van der Waals surface area contributed by atoms with Crippen LogP contribution >= 0.6 is 0 Å². The molecule has 1 aromatic carbocycles. The molecule has 0 saturated carbocycles. The Kier molecular flexibility index (Phi) is 6.78. The fourth-order valence-electron chi connectivity index (χ4n) is 4.46. The summed E-state index contributed by atoms with van der Waals surface area (Å²) in [5.74, 6) is 1.10. The molecule has 2 aliphatic heterocycles. The van der Waals surface area contributed by atoms with E-state index in [1.54, 1.807) is 22.5 Å². The number of aryl methyl sites for hydroxylation is 1. The maximum absolute atomic E-state index is 12.9. The number of carbonyl (C=O) groups is 1. The summed E-state index contributed by atoms with van der Waals surface area (Å²) < 4.78 is 27.4. The smallest absolute Gasteiger partial charge is 0.243 e. The lowest BCUT2D eigenvalue weighted by Gasteiger charge is -2.34. The second-order valence-electron chi connectivity index (χ2n) is 8.63. The third-order valence-electron chi connectivity index (χ3n) is 5.75. The standard InChI is InChI=1S/C21H33N3O3S/c1-16-11-17(2)14-23(13-16)15-21(25)22-20-12-19(8-7-18(20)3)28(26,27)24-9-5-4-6-10-24/h7-8,12,16-17H,4-6,9-11,13-15H2,1-3H3,(H,22,25)/t16-,17-/m0/s1. The van der Waals surface area contributed by atoms with Crippen LogP contribution < -0.4 is 5.32 Å². The number of likely N-dealkylation sites (tertiary alicyclic amines) is 1. The number of hydrogen-bond acceptors (Lipinski definition) is 4. The minimum Gasteiger partial charge on any atom is -0.325 e. The summed E-state index contributed by atoms with van der Waals surface area (Å²) in [5.41, 5.74) is 1.45. The molecule has 7 heteroatoms. The van der Waals surface area contributed by atoms with Crippen molar-refractivity contribution in [3.05, 3.63) is 23.8 Å². The molecule has 1 aromatic rings. The zero-order valence-electron chi connectivity index (χ0n) is 17.3. The van der Waals surface area contributed by atoms with Gasteiger partial charge in [-0.3, -0.25) is 9.69 Å². The molecule has 0 spiro atoms. The number of anilines is 1. The molecule has 28 heavy (non-hydrogen) atoms. The Morgan fingerprint density at radius 2 is 1.75 bits per heavy atom. The van der Waals surface area contributed by atoms with Gasteiger partial charge in [0.1, 0.15) is 0 Å². The van der Waals surface area contributed by atoms with Crippen LogP contribution in [0.2, 0.25) is 0 Å². The highest BCUT2D eigenvalue weighted by Crippen LogP contribution is 2.25. The van der Waals surface area contributed by atoms with E-state index in [1.807, 2.05) is 6.92 Å². The Balaban J connectivity index is 1.70. The maximum atomic E-state index is 12.9. The van der Waals surface area contributed by atoms with Crippen molar-refractivity contribution in [1.29, 1.82) is 0 Å². The lowest BCUT2D eigenvalue weighted by atomic mass is 9.92. The van der Waals surface area contributed by atoms with Crippen LogP contribution in [0.1, 0.15) is 45.1 Å². The van der Waals surface area contributed by atoms with E-state index >= 15 is 0 Å². The molecule has 2 heterocycles. The van der Waals surface area contributed by atoms with Gasteiger partial charge in [0.05, 0.1) is 11.4 Å². The fraction of sp³-hybridized carbons (Fsp3) is 0.667. The van der Waals surface area contributed by atoms with E-state index in [9.17, 15) is 13.2 Å². The highest BCUT2D eigenvalue weighted by Gasteiger charge is 2.27. The van der Waals surface area contributed by atoms with Gasteiger partial charge in [-0.2, -0.15) is 4.31 Å². The number of nitrogens with one attached hydrogen (secondary N) is 1. The minimum absolute atomic E-state index is 0.0862. The number of benzene rings is 1. The second kappa shape index (κ2) is 8.93. The van der Waals surface area contributed by atoms with Gasteiger partial charge in [0, 0.05) is 31.9 Å². The van der Waals surface area contributed by atoms with E-state index in [4.69, 9.17) is 0 Å². The van der Waals surface area contributed by atoms with E-state index < -0.39 is 10.0 Å². The quantitative estimate of drug-likeness (QED) is 0.814. The van der Waals surface area contributed by atoms with Crippen molar-refractivity contribution in [2.45, 2.75) is 51.3 Å². The van der Waals surface area contributed by atoms with Crippen LogP contribution in [-0.2, 0) is 14.8 Å². The average molecular weight is 408 g/mol. The van der Waals surface area contributed by atoms with Gasteiger partial charge in [0.15, 0.2) is 0 Å². The molecular weight excluding hydrogens is 374 g/mol. The van der Waals surface area contributed by atoms with Crippen molar-refractivity contribution >= 4 is 21.6 Å². The van der Waals surface area contributed by atoms with Gasteiger partial charge in [-0.25, -0.2) is 8.42 Å². The first-order valence-electron chi connectivity index (χ1n) is 10.4. The van der Waals surface area contributed by atoms with Gasteiger partial charge in [0.25, 0.3) is 0 Å². The van der Waals surface area contributed by atoms with Gasteiger partial charge in [-0.15, -0.1) is 0 Å². The Morgan fingerprint density at radius 1 is 1.11 bits per heavy atom. The molecule has 1 amide bonds. The van der Waals surface area contributed by atoms with Gasteiger partial charge < -0.3 is 5.32 Å². The fourth-order valence-corrected chi connectivity index (χ4v) is 6.01. The van der Waals surface area contributed by atoms with Gasteiger partial charge in [-0.1, -0.05) is 26.3 Å². The van der Waals surface area contributed by atoms with E-state index in [0.29, 0.717) is 37.2 Å². The third-order valence-corrected chi connectivity index (χ3v) is 7.64. The first-order chi connectivity index (χ1) is 13.3. The summed E-state index contributed by atoms with van der Waals surface area (Å²) >= 11 is 0. The Hall–Kier alpha value is -1.44. The van der Waals surface area contributed by atoms with Crippen molar-refractivity contribution in [2.75, 3.05) is 38.0 Å².